The van der Waals surface area contributed by atoms with Gasteiger partial charge in [0.25, 0.3) is 0 Å². The third kappa shape index (κ3) is 3.76. The van der Waals surface area contributed by atoms with Crippen LogP contribution in [0.2, 0.25) is 0 Å². The second-order valence-corrected chi connectivity index (χ2v) is 6.18. The molecule has 1 aromatic carbocycles. The summed E-state index contributed by atoms with van der Waals surface area (Å²) < 4.78 is 5.53. The highest BCUT2D eigenvalue weighted by Gasteiger charge is 2.22. The summed E-state index contributed by atoms with van der Waals surface area (Å²) in [7, 11) is 0. The number of benzene rings is 1. The van der Waals surface area contributed by atoms with Gasteiger partial charge in [0.1, 0.15) is 5.75 Å². The molecule has 114 valence electrons. The number of likely N-dealkylation sites (tertiary alicyclic amines) is 1. The first-order valence-corrected chi connectivity index (χ1v) is 7.89. The van der Waals surface area contributed by atoms with E-state index in [0.29, 0.717) is 12.3 Å². The molecule has 2 aliphatic heterocycles. The Labute approximate surface area is 125 Å². The Balaban J connectivity index is 1.44. The molecule has 1 fully saturated rings. The molecular formula is C17H23NO3. The fourth-order valence-corrected chi connectivity index (χ4v) is 3.36. The van der Waals surface area contributed by atoms with Crippen LogP contribution in [0.3, 0.4) is 0 Å². The number of carbonyl (C=O) groups is 1. The fourth-order valence-electron chi connectivity index (χ4n) is 3.36. The number of hydrogen-bond acceptors (Lipinski definition) is 3. The summed E-state index contributed by atoms with van der Waals surface area (Å²) in [6, 6.07) is 6.54. The van der Waals surface area contributed by atoms with Crippen LogP contribution in [0, 0.1) is 5.92 Å². The van der Waals surface area contributed by atoms with Crippen molar-refractivity contribution in [3.63, 3.8) is 0 Å². The maximum Gasteiger partial charge on any atom is 0.303 e. The Kier molecular flexibility index (Phi) is 4.44. The van der Waals surface area contributed by atoms with Crippen molar-refractivity contribution in [3.8, 4) is 5.75 Å². The average Bonchev–Trinajstić information content (AvgIpc) is 3.11. The predicted octanol–water partition coefficient (Wildman–Crippen LogP) is 2.35. The molecule has 0 amide bonds. The van der Waals surface area contributed by atoms with Gasteiger partial charge in [-0.15, -0.1) is 0 Å². The van der Waals surface area contributed by atoms with Crippen LogP contribution in [0.1, 0.15) is 30.4 Å². The van der Waals surface area contributed by atoms with E-state index >= 15 is 0 Å². The zero-order valence-electron chi connectivity index (χ0n) is 12.4. The molecule has 0 bridgehead atoms. The van der Waals surface area contributed by atoms with Crippen molar-refractivity contribution in [2.24, 2.45) is 5.92 Å². The van der Waals surface area contributed by atoms with Crippen LogP contribution >= 0.6 is 0 Å². The third-order valence-corrected chi connectivity index (χ3v) is 4.61. The summed E-state index contributed by atoms with van der Waals surface area (Å²) in [4.78, 5) is 13.1. The van der Waals surface area contributed by atoms with E-state index in [1.54, 1.807) is 0 Å². The zero-order chi connectivity index (χ0) is 14.7. The topological polar surface area (TPSA) is 49.8 Å². The lowest BCUT2D eigenvalue weighted by molar-refractivity contribution is -0.137. The van der Waals surface area contributed by atoms with E-state index in [9.17, 15) is 4.79 Å². The van der Waals surface area contributed by atoms with Crippen LogP contribution < -0.4 is 4.74 Å². The molecule has 4 heteroatoms. The number of nitrogens with zero attached hydrogens (tertiary/aromatic N) is 1. The molecule has 2 heterocycles. The molecule has 1 saturated heterocycles. The molecule has 0 saturated carbocycles. The van der Waals surface area contributed by atoms with Crippen molar-refractivity contribution in [3.05, 3.63) is 29.3 Å². The van der Waals surface area contributed by atoms with Crippen molar-refractivity contribution in [1.82, 2.24) is 4.90 Å². The summed E-state index contributed by atoms with van der Waals surface area (Å²) in [6.07, 6.45) is 4.37. The van der Waals surface area contributed by atoms with Crippen LogP contribution in [0.15, 0.2) is 18.2 Å². The normalized spacial score (nSPS) is 21.2. The van der Waals surface area contributed by atoms with Crippen molar-refractivity contribution in [2.75, 3.05) is 26.2 Å². The summed E-state index contributed by atoms with van der Waals surface area (Å²) in [5.41, 5.74) is 2.72. The summed E-state index contributed by atoms with van der Waals surface area (Å²) in [6.45, 7) is 4.05. The first-order valence-electron chi connectivity index (χ1n) is 7.89. The molecule has 1 aromatic rings. The number of fused-ring (bicyclic) bond motifs is 1. The first kappa shape index (κ1) is 14.4. The predicted molar refractivity (Wildman–Crippen MR) is 80.8 cm³/mol. The lowest BCUT2D eigenvalue weighted by Crippen LogP contribution is -2.23. The molecule has 1 N–H and O–H groups in total. The molecule has 1 unspecified atom stereocenters. The van der Waals surface area contributed by atoms with Gasteiger partial charge in [-0.2, -0.15) is 0 Å². The Morgan fingerprint density at radius 3 is 3.19 bits per heavy atom. The van der Waals surface area contributed by atoms with Crippen LogP contribution in [-0.2, 0) is 17.6 Å². The van der Waals surface area contributed by atoms with Gasteiger partial charge < -0.3 is 14.7 Å². The number of rotatable bonds is 6. The lowest BCUT2D eigenvalue weighted by Gasteiger charge is -2.16. The lowest BCUT2D eigenvalue weighted by atomic mass is 10.0. The van der Waals surface area contributed by atoms with Gasteiger partial charge in [0.05, 0.1) is 6.61 Å². The third-order valence-electron chi connectivity index (χ3n) is 4.61. The summed E-state index contributed by atoms with van der Waals surface area (Å²) in [5.74, 6) is 0.942. The number of carboxylic acid groups (broad SMARTS) is 1. The Hall–Kier alpha value is -1.55. The quantitative estimate of drug-likeness (QED) is 0.873. The number of hydrogen-bond donors (Lipinski definition) is 1. The number of aliphatic carboxylic acids is 1. The van der Waals surface area contributed by atoms with Crippen LogP contribution in [0.4, 0.5) is 0 Å². The van der Waals surface area contributed by atoms with Gasteiger partial charge in [-0.25, -0.2) is 0 Å². The van der Waals surface area contributed by atoms with E-state index in [4.69, 9.17) is 9.84 Å². The minimum atomic E-state index is -0.672. The molecule has 0 radical (unpaired) electrons. The van der Waals surface area contributed by atoms with Crippen molar-refractivity contribution >= 4 is 5.97 Å². The Morgan fingerprint density at radius 2 is 2.33 bits per heavy atom. The highest BCUT2D eigenvalue weighted by molar-refractivity contribution is 5.66. The molecule has 2 aliphatic rings. The van der Waals surface area contributed by atoms with Gasteiger partial charge in [0, 0.05) is 25.9 Å². The van der Waals surface area contributed by atoms with E-state index < -0.39 is 5.97 Å². The maximum atomic E-state index is 10.6. The van der Waals surface area contributed by atoms with Gasteiger partial charge in [0.15, 0.2) is 0 Å². The zero-order valence-corrected chi connectivity index (χ0v) is 12.4. The minimum Gasteiger partial charge on any atom is -0.493 e. The van der Waals surface area contributed by atoms with Crippen molar-refractivity contribution in [2.45, 2.75) is 32.1 Å². The van der Waals surface area contributed by atoms with Gasteiger partial charge in [-0.1, -0.05) is 12.1 Å². The molecule has 21 heavy (non-hydrogen) atoms. The second kappa shape index (κ2) is 6.48. The van der Waals surface area contributed by atoms with Gasteiger partial charge in [-0.3, -0.25) is 4.79 Å². The van der Waals surface area contributed by atoms with E-state index in [2.05, 4.69) is 23.1 Å². The molecule has 3 rings (SSSR count). The largest absolute Gasteiger partial charge is 0.493 e. The molecule has 1 atom stereocenters. The highest BCUT2D eigenvalue weighted by atomic mass is 16.5. The first-order chi connectivity index (χ1) is 10.2. The Bertz CT molecular complexity index is 515. The van der Waals surface area contributed by atoms with Crippen LogP contribution in [0.25, 0.3) is 0 Å². The minimum absolute atomic E-state index is 0.309. The smallest absolute Gasteiger partial charge is 0.303 e. The van der Waals surface area contributed by atoms with Crippen molar-refractivity contribution < 1.29 is 14.6 Å². The molecule has 0 spiro atoms. The molecular weight excluding hydrogens is 266 g/mol. The van der Waals surface area contributed by atoms with Crippen LogP contribution in [0.5, 0.6) is 5.75 Å². The fraction of sp³-hybridized carbons (Fsp3) is 0.588. The molecule has 4 nitrogen and oxygen atoms in total. The standard InChI is InChI=1S/C17H23NO3/c19-17(20)4-2-14-6-9-18(12-14)8-5-13-1-3-16-15(11-13)7-10-21-16/h1,3,11,14H,2,4-10,12H2,(H,19,20). The van der Waals surface area contributed by atoms with Gasteiger partial charge in [-0.05, 0) is 48.9 Å². The van der Waals surface area contributed by atoms with E-state index in [-0.39, 0.29) is 0 Å². The number of carboxylic acids is 1. The SMILES string of the molecule is O=C(O)CCC1CCN(CCc2ccc3c(c2)CCO3)C1. The van der Waals surface area contributed by atoms with E-state index in [1.807, 2.05) is 0 Å². The van der Waals surface area contributed by atoms with E-state index in [0.717, 1.165) is 57.7 Å². The summed E-state index contributed by atoms with van der Waals surface area (Å²) in [5, 5.41) is 8.74. The van der Waals surface area contributed by atoms with Crippen LogP contribution in [-0.4, -0.2) is 42.2 Å². The Morgan fingerprint density at radius 1 is 1.43 bits per heavy atom. The summed E-state index contributed by atoms with van der Waals surface area (Å²) >= 11 is 0. The van der Waals surface area contributed by atoms with Gasteiger partial charge in [0.2, 0.25) is 0 Å². The van der Waals surface area contributed by atoms with Crippen molar-refractivity contribution in [1.29, 1.82) is 0 Å². The maximum absolute atomic E-state index is 10.6. The molecule has 0 aromatic heterocycles. The highest BCUT2D eigenvalue weighted by Crippen LogP contribution is 2.26. The van der Waals surface area contributed by atoms with Gasteiger partial charge >= 0.3 is 5.97 Å². The molecule has 0 aliphatic carbocycles. The second-order valence-electron chi connectivity index (χ2n) is 6.18. The number of ether oxygens (including phenoxy) is 1. The van der Waals surface area contributed by atoms with E-state index in [1.165, 1.54) is 11.1 Å². The monoisotopic (exact) mass is 289 g/mol. The average molecular weight is 289 g/mol.